The van der Waals surface area contributed by atoms with Crippen LogP contribution in [0.1, 0.15) is 33.6 Å². The summed E-state index contributed by atoms with van der Waals surface area (Å²) in [5.41, 5.74) is 0. The Morgan fingerprint density at radius 1 is 1.42 bits per heavy atom. The molecule has 1 saturated heterocycles. The summed E-state index contributed by atoms with van der Waals surface area (Å²) in [5.74, 6) is -0.128. The lowest BCUT2D eigenvalue weighted by Crippen LogP contribution is -2.23. The van der Waals surface area contributed by atoms with Crippen molar-refractivity contribution in [1.29, 1.82) is 0 Å². The molecule has 4 heteroatoms. The molecular weight excluding hydrogens is 174 g/mol. The lowest BCUT2D eigenvalue weighted by atomic mass is 10.2. The molecular formula is C8H15NO2S. The summed E-state index contributed by atoms with van der Waals surface area (Å²) in [6, 6.07) is 0. The van der Waals surface area contributed by atoms with Gasteiger partial charge >= 0.3 is 0 Å². The van der Waals surface area contributed by atoms with Crippen molar-refractivity contribution in [3.8, 4) is 0 Å². The Kier molecular flexibility index (Phi) is 5.80. The first-order valence-electron chi connectivity index (χ1n) is 4.25. The molecule has 0 radical (unpaired) electrons. The summed E-state index contributed by atoms with van der Waals surface area (Å²) in [5, 5.41) is 1.90. The van der Waals surface area contributed by atoms with Gasteiger partial charge in [0, 0.05) is 0 Å². The van der Waals surface area contributed by atoms with Crippen molar-refractivity contribution >= 4 is 22.9 Å². The molecule has 12 heavy (non-hydrogen) atoms. The third-order valence-electron chi connectivity index (χ3n) is 1.32. The molecule has 1 atom stereocenters. The van der Waals surface area contributed by atoms with Crippen LogP contribution in [0.5, 0.6) is 0 Å². The Morgan fingerprint density at radius 2 is 2.00 bits per heavy atom. The van der Waals surface area contributed by atoms with Gasteiger partial charge in [-0.3, -0.25) is 14.9 Å². The van der Waals surface area contributed by atoms with E-state index in [9.17, 15) is 9.59 Å². The molecule has 0 bridgehead atoms. The summed E-state index contributed by atoms with van der Waals surface area (Å²) in [6.07, 6.45) is 1.74. The van der Waals surface area contributed by atoms with E-state index >= 15 is 0 Å². The van der Waals surface area contributed by atoms with Crippen molar-refractivity contribution in [3.05, 3.63) is 0 Å². The van der Waals surface area contributed by atoms with Crippen LogP contribution in [-0.2, 0) is 4.79 Å². The van der Waals surface area contributed by atoms with Gasteiger partial charge in [0.1, 0.15) is 0 Å². The standard InChI is InChI=1S/C6H9NO2S.C2H6/c1-2-3-4-5(8)7-6(9)10-4;1-2/h4H,2-3H2,1H3,(H,7,8,9);1-2H3. The van der Waals surface area contributed by atoms with Gasteiger partial charge in [-0.25, -0.2) is 0 Å². The zero-order valence-corrected chi connectivity index (χ0v) is 8.53. The minimum atomic E-state index is -0.205. The summed E-state index contributed by atoms with van der Waals surface area (Å²) >= 11 is 1.10. The van der Waals surface area contributed by atoms with E-state index in [1.165, 1.54) is 0 Å². The predicted molar refractivity (Wildman–Crippen MR) is 51.2 cm³/mol. The second-order valence-electron chi connectivity index (χ2n) is 2.17. The van der Waals surface area contributed by atoms with Crippen molar-refractivity contribution in [1.82, 2.24) is 5.32 Å². The van der Waals surface area contributed by atoms with E-state index in [4.69, 9.17) is 0 Å². The third kappa shape index (κ3) is 3.26. The maximum atomic E-state index is 10.8. The average Bonchev–Trinajstić information content (AvgIpc) is 2.35. The van der Waals surface area contributed by atoms with E-state index in [0.29, 0.717) is 0 Å². The highest BCUT2D eigenvalue weighted by Gasteiger charge is 2.30. The number of carbonyl (C=O) groups excluding carboxylic acids is 2. The fraction of sp³-hybridized carbons (Fsp3) is 0.750. The van der Waals surface area contributed by atoms with E-state index < -0.39 is 0 Å². The van der Waals surface area contributed by atoms with Crippen LogP contribution in [0.4, 0.5) is 4.79 Å². The number of hydrogen-bond acceptors (Lipinski definition) is 3. The van der Waals surface area contributed by atoms with Crippen LogP contribution in [0.15, 0.2) is 0 Å². The SMILES string of the molecule is CC.CCCC1SC(=O)NC1=O. The van der Waals surface area contributed by atoms with Crippen LogP contribution >= 0.6 is 11.8 Å². The van der Waals surface area contributed by atoms with E-state index in [0.717, 1.165) is 24.6 Å². The van der Waals surface area contributed by atoms with Gasteiger partial charge in [0.15, 0.2) is 0 Å². The number of imide groups is 1. The first kappa shape index (κ1) is 11.5. The van der Waals surface area contributed by atoms with Crippen LogP contribution in [0, 0.1) is 0 Å². The summed E-state index contributed by atoms with van der Waals surface area (Å²) in [6.45, 7) is 6.00. The molecule has 0 aromatic heterocycles. The molecule has 1 aliphatic heterocycles. The van der Waals surface area contributed by atoms with E-state index in [1.54, 1.807) is 0 Å². The number of nitrogens with one attached hydrogen (secondary N) is 1. The second kappa shape index (κ2) is 6.06. The number of thioether (sulfide) groups is 1. The minimum absolute atomic E-state index is 0.127. The molecule has 0 aromatic carbocycles. The van der Waals surface area contributed by atoms with Crippen molar-refractivity contribution in [3.63, 3.8) is 0 Å². The Labute approximate surface area is 77.3 Å². The zero-order valence-electron chi connectivity index (χ0n) is 7.72. The quantitative estimate of drug-likeness (QED) is 0.724. The highest BCUT2D eigenvalue weighted by molar-refractivity contribution is 8.15. The van der Waals surface area contributed by atoms with Crippen LogP contribution in [-0.4, -0.2) is 16.4 Å². The van der Waals surface area contributed by atoms with Gasteiger partial charge in [0.25, 0.3) is 5.24 Å². The van der Waals surface area contributed by atoms with Gasteiger partial charge < -0.3 is 0 Å². The lowest BCUT2D eigenvalue weighted by Gasteiger charge is -1.98. The van der Waals surface area contributed by atoms with Gasteiger partial charge in [-0.2, -0.15) is 0 Å². The maximum absolute atomic E-state index is 10.8. The molecule has 1 unspecified atom stereocenters. The first-order chi connectivity index (χ1) is 5.74. The molecule has 2 amide bonds. The van der Waals surface area contributed by atoms with Gasteiger partial charge in [-0.15, -0.1) is 0 Å². The number of amides is 2. The topological polar surface area (TPSA) is 46.2 Å². The fourth-order valence-corrected chi connectivity index (χ4v) is 1.78. The summed E-state index contributed by atoms with van der Waals surface area (Å²) < 4.78 is 0. The van der Waals surface area contributed by atoms with Crippen LogP contribution in [0.25, 0.3) is 0 Å². The fourth-order valence-electron chi connectivity index (χ4n) is 0.845. The maximum Gasteiger partial charge on any atom is 0.286 e. The van der Waals surface area contributed by atoms with Crippen molar-refractivity contribution < 1.29 is 9.59 Å². The van der Waals surface area contributed by atoms with Gasteiger partial charge in [-0.05, 0) is 6.42 Å². The predicted octanol–water partition coefficient (Wildman–Crippen LogP) is 2.16. The van der Waals surface area contributed by atoms with Crippen molar-refractivity contribution in [2.24, 2.45) is 0 Å². The molecule has 0 aromatic rings. The Morgan fingerprint density at radius 3 is 2.33 bits per heavy atom. The second-order valence-corrected chi connectivity index (χ2v) is 3.35. The molecule has 1 aliphatic rings. The average molecular weight is 189 g/mol. The highest BCUT2D eigenvalue weighted by Crippen LogP contribution is 2.22. The number of rotatable bonds is 2. The normalized spacial score (nSPS) is 21.4. The van der Waals surface area contributed by atoms with Gasteiger partial charge in [0.2, 0.25) is 5.91 Å². The van der Waals surface area contributed by atoms with Crippen LogP contribution in [0.3, 0.4) is 0 Å². The zero-order chi connectivity index (χ0) is 9.56. The van der Waals surface area contributed by atoms with Crippen LogP contribution < -0.4 is 5.32 Å². The highest BCUT2D eigenvalue weighted by atomic mass is 32.2. The Hall–Kier alpha value is -0.510. The molecule has 0 saturated carbocycles. The molecule has 1 rings (SSSR count). The van der Waals surface area contributed by atoms with E-state index in [1.807, 2.05) is 20.8 Å². The van der Waals surface area contributed by atoms with Crippen LogP contribution in [0.2, 0.25) is 0 Å². The van der Waals surface area contributed by atoms with E-state index in [-0.39, 0.29) is 16.4 Å². The molecule has 0 spiro atoms. The first-order valence-corrected chi connectivity index (χ1v) is 5.13. The summed E-state index contributed by atoms with van der Waals surface area (Å²) in [7, 11) is 0. The minimum Gasteiger partial charge on any atom is -0.286 e. The Balaban J connectivity index is 0.000000561. The largest absolute Gasteiger partial charge is 0.286 e. The smallest absolute Gasteiger partial charge is 0.286 e. The molecule has 1 N–H and O–H groups in total. The molecule has 3 nitrogen and oxygen atoms in total. The van der Waals surface area contributed by atoms with Crippen molar-refractivity contribution in [2.75, 3.05) is 0 Å². The summed E-state index contributed by atoms with van der Waals surface area (Å²) in [4.78, 5) is 21.4. The van der Waals surface area contributed by atoms with Crippen molar-refractivity contribution in [2.45, 2.75) is 38.9 Å². The number of carbonyl (C=O) groups is 2. The molecule has 1 heterocycles. The molecule has 70 valence electrons. The van der Waals surface area contributed by atoms with Gasteiger partial charge in [0.05, 0.1) is 5.25 Å². The number of hydrogen-bond donors (Lipinski definition) is 1. The monoisotopic (exact) mass is 189 g/mol. The lowest BCUT2D eigenvalue weighted by molar-refractivity contribution is -0.119. The van der Waals surface area contributed by atoms with E-state index in [2.05, 4.69) is 5.32 Å². The Bertz CT molecular complexity index is 170. The molecule has 1 fully saturated rings. The van der Waals surface area contributed by atoms with Gasteiger partial charge in [-0.1, -0.05) is 39.0 Å². The third-order valence-corrected chi connectivity index (χ3v) is 2.37. The molecule has 0 aliphatic carbocycles.